The Hall–Kier alpha value is -2.57. The lowest BCUT2D eigenvalue weighted by Gasteiger charge is -2.30. The van der Waals surface area contributed by atoms with Crippen molar-refractivity contribution in [1.29, 1.82) is 0 Å². The molecule has 130 valence electrons. The van der Waals surface area contributed by atoms with Gasteiger partial charge in [0.15, 0.2) is 0 Å². The number of hydrogen-bond acceptors (Lipinski definition) is 5. The molecule has 1 aromatic rings. The summed E-state index contributed by atoms with van der Waals surface area (Å²) in [5.41, 5.74) is 1.07. The maximum atomic E-state index is 12.3. The van der Waals surface area contributed by atoms with Gasteiger partial charge in [-0.25, -0.2) is 9.59 Å². The van der Waals surface area contributed by atoms with E-state index in [1.165, 1.54) is 7.11 Å². The maximum absolute atomic E-state index is 12.3. The molecule has 0 unspecified atom stereocenters. The van der Waals surface area contributed by atoms with Gasteiger partial charge in [0.25, 0.3) is 0 Å². The van der Waals surface area contributed by atoms with Gasteiger partial charge in [-0.1, -0.05) is 0 Å². The average molecular weight is 334 g/mol. The van der Waals surface area contributed by atoms with Crippen molar-refractivity contribution in [2.75, 3.05) is 32.1 Å². The van der Waals surface area contributed by atoms with Gasteiger partial charge in [-0.3, -0.25) is 4.79 Å². The number of carbonyl (C=O) groups excluding carboxylic acids is 3. The summed E-state index contributed by atoms with van der Waals surface area (Å²) in [6, 6.07) is 6.59. The zero-order valence-corrected chi connectivity index (χ0v) is 13.9. The number of nitrogens with one attached hydrogen (secondary N) is 1. The quantitative estimate of drug-likeness (QED) is 0.854. The van der Waals surface area contributed by atoms with Crippen molar-refractivity contribution in [3.63, 3.8) is 0 Å². The molecule has 0 spiro atoms. The van der Waals surface area contributed by atoms with Crippen molar-refractivity contribution in [3.8, 4) is 0 Å². The van der Waals surface area contributed by atoms with Gasteiger partial charge in [-0.05, 0) is 44.0 Å². The molecule has 1 saturated heterocycles. The Morgan fingerprint density at radius 2 is 1.79 bits per heavy atom. The number of methoxy groups -OCH3 is 1. The fourth-order valence-electron chi connectivity index (χ4n) is 2.60. The van der Waals surface area contributed by atoms with Crippen molar-refractivity contribution in [2.45, 2.75) is 19.8 Å². The molecule has 1 aliphatic rings. The third-order valence-corrected chi connectivity index (χ3v) is 3.96. The Labute approximate surface area is 140 Å². The number of ether oxygens (including phenoxy) is 2. The standard InChI is InChI=1S/C17H22N2O5/c1-3-24-16(21)13-4-6-14(7-5-13)18-15(20)12-8-10-19(11-9-12)17(22)23-2/h4-7,12H,3,8-11H2,1-2H3,(H,18,20). The Kier molecular flexibility index (Phi) is 6.17. The van der Waals surface area contributed by atoms with E-state index in [1.54, 1.807) is 36.1 Å². The first-order chi connectivity index (χ1) is 11.5. The van der Waals surface area contributed by atoms with Gasteiger partial charge in [0.05, 0.1) is 19.3 Å². The SMILES string of the molecule is CCOC(=O)c1ccc(NC(=O)C2CCN(C(=O)OC)CC2)cc1. The third kappa shape index (κ3) is 4.47. The molecule has 24 heavy (non-hydrogen) atoms. The second kappa shape index (κ2) is 8.33. The number of nitrogens with zero attached hydrogens (tertiary/aromatic N) is 1. The van der Waals surface area contributed by atoms with E-state index in [0.29, 0.717) is 43.8 Å². The van der Waals surface area contributed by atoms with Crippen LogP contribution in [0.25, 0.3) is 0 Å². The van der Waals surface area contributed by atoms with E-state index in [4.69, 9.17) is 4.74 Å². The lowest BCUT2D eigenvalue weighted by atomic mass is 9.96. The predicted octanol–water partition coefficient (Wildman–Crippen LogP) is 2.28. The normalized spacial score (nSPS) is 14.8. The molecule has 0 aliphatic carbocycles. The lowest BCUT2D eigenvalue weighted by molar-refractivity contribution is -0.121. The summed E-state index contributed by atoms with van der Waals surface area (Å²) in [5.74, 6) is -0.607. The third-order valence-electron chi connectivity index (χ3n) is 3.96. The average Bonchev–Trinajstić information content (AvgIpc) is 2.62. The van der Waals surface area contributed by atoms with Crippen LogP contribution in [-0.2, 0) is 14.3 Å². The highest BCUT2D eigenvalue weighted by molar-refractivity contribution is 5.94. The summed E-state index contributed by atoms with van der Waals surface area (Å²) < 4.78 is 9.59. The minimum Gasteiger partial charge on any atom is -0.462 e. The fraction of sp³-hybridized carbons (Fsp3) is 0.471. The number of esters is 1. The summed E-state index contributed by atoms with van der Waals surface area (Å²) in [4.78, 5) is 36.9. The van der Waals surface area contributed by atoms with Crippen LogP contribution < -0.4 is 5.32 Å². The largest absolute Gasteiger partial charge is 0.462 e. The highest BCUT2D eigenvalue weighted by Gasteiger charge is 2.27. The molecule has 2 rings (SSSR count). The van der Waals surface area contributed by atoms with Crippen LogP contribution in [0.2, 0.25) is 0 Å². The highest BCUT2D eigenvalue weighted by Crippen LogP contribution is 2.20. The van der Waals surface area contributed by atoms with Crippen LogP contribution >= 0.6 is 0 Å². The van der Waals surface area contributed by atoms with Crippen molar-refractivity contribution in [3.05, 3.63) is 29.8 Å². The molecule has 0 atom stereocenters. The second-order valence-electron chi connectivity index (χ2n) is 5.52. The molecule has 1 aromatic carbocycles. The Balaban J connectivity index is 1.87. The lowest BCUT2D eigenvalue weighted by Crippen LogP contribution is -2.41. The molecule has 1 fully saturated rings. The van der Waals surface area contributed by atoms with E-state index < -0.39 is 0 Å². The van der Waals surface area contributed by atoms with Crippen LogP contribution in [0.3, 0.4) is 0 Å². The van der Waals surface area contributed by atoms with Gasteiger partial charge >= 0.3 is 12.1 Å². The van der Waals surface area contributed by atoms with Gasteiger partial charge < -0.3 is 19.7 Å². The molecule has 7 nitrogen and oxygen atoms in total. The summed E-state index contributed by atoms with van der Waals surface area (Å²) in [5, 5.41) is 2.84. The van der Waals surface area contributed by atoms with Crippen molar-refractivity contribution >= 4 is 23.7 Å². The van der Waals surface area contributed by atoms with Crippen LogP contribution in [0.1, 0.15) is 30.1 Å². The molecule has 7 heteroatoms. The Bertz CT molecular complexity index is 592. The van der Waals surface area contributed by atoms with E-state index in [0.717, 1.165) is 0 Å². The predicted molar refractivity (Wildman–Crippen MR) is 87.7 cm³/mol. The summed E-state index contributed by atoms with van der Waals surface area (Å²) in [7, 11) is 1.35. The smallest absolute Gasteiger partial charge is 0.409 e. The number of likely N-dealkylation sites (tertiary alicyclic amines) is 1. The first kappa shape index (κ1) is 17.8. The maximum Gasteiger partial charge on any atom is 0.409 e. The number of hydrogen-bond donors (Lipinski definition) is 1. The van der Waals surface area contributed by atoms with Crippen LogP contribution in [-0.4, -0.2) is 49.7 Å². The minimum absolute atomic E-state index is 0.0802. The number of carbonyl (C=O) groups is 3. The van der Waals surface area contributed by atoms with Crippen LogP contribution in [0.4, 0.5) is 10.5 Å². The summed E-state index contributed by atoms with van der Waals surface area (Å²) in [6.07, 6.45) is 0.840. The fourth-order valence-corrected chi connectivity index (χ4v) is 2.60. The monoisotopic (exact) mass is 334 g/mol. The number of rotatable bonds is 4. The van der Waals surface area contributed by atoms with Crippen LogP contribution in [0.15, 0.2) is 24.3 Å². The zero-order valence-electron chi connectivity index (χ0n) is 13.9. The molecule has 1 N–H and O–H groups in total. The zero-order chi connectivity index (χ0) is 17.5. The molecular weight excluding hydrogens is 312 g/mol. The van der Waals surface area contributed by atoms with E-state index in [1.807, 2.05) is 0 Å². The van der Waals surface area contributed by atoms with Crippen molar-refractivity contribution < 1.29 is 23.9 Å². The summed E-state index contributed by atoms with van der Waals surface area (Å²) in [6.45, 7) is 3.08. The van der Waals surface area contributed by atoms with Crippen LogP contribution in [0.5, 0.6) is 0 Å². The van der Waals surface area contributed by atoms with Gasteiger partial charge in [-0.15, -0.1) is 0 Å². The van der Waals surface area contributed by atoms with E-state index in [-0.39, 0.29) is 23.9 Å². The molecule has 0 saturated carbocycles. The van der Waals surface area contributed by atoms with Crippen LogP contribution in [0, 0.1) is 5.92 Å². The van der Waals surface area contributed by atoms with Gasteiger partial charge in [0.2, 0.25) is 5.91 Å². The number of benzene rings is 1. The van der Waals surface area contributed by atoms with Gasteiger partial charge in [-0.2, -0.15) is 0 Å². The number of anilines is 1. The van der Waals surface area contributed by atoms with Gasteiger partial charge in [0.1, 0.15) is 0 Å². The topological polar surface area (TPSA) is 84.9 Å². The van der Waals surface area contributed by atoms with Gasteiger partial charge in [0, 0.05) is 24.7 Å². The second-order valence-corrected chi connectivity index (χ2v) is 5.52. The van der Waals surface area contributed by atoms with E-state index >= 15 is 0 Å². The molecule has 1 aliphatic heterocycles. The Morgan fingerprint density at radius 1 is 1.17 bits per heavy atom. The molecule has 0 bridgehead atoms. The highest BCUT2D eigenvalue weighted by atomic mass is 16.5. The summed E-state index contributed by atoms with van der Waals surface area (Å²) >= 11 is 0. The van der Waals surface area contributed by atoms with Crippen molar-refractivity contribution in [2.24, 2.45) is 5.92 Å². The first-order valence-corrected chi connectivity index (χ1v) is 7.96. The molecular formula is C17H22N2O5. The minimum atomic E-state index is -0.384. The van der Waals surface area contributed by atoms with E-state index in [9.17, 15) is 14.4 Å². The molecule has 2 amide bonds. The number of amides is 2. The van der Waals surface area contributed by atoms with E-state index in [2.05, 4.69) is 10.1 Å². The first-order valence-electron chi connectivity index (χ1n) is 7.96. The van der Waals surface area contributed by atoms with Crippen molar-refractivity contribution in [1.82, 2.24) is 4.90 Å². The molecule has 1 heterocycles. The molecule has 0 radical (unpaired) electrons. The molecule has 0 aromatic heterocycles. The number of piperidine rings is 1. The Morgan fingerprint density at radius 3 is 2.33 bits per heavy atom.